The summed E-state index contributed by atoms with van der Waals surface area (Å²) in [5.74, 6) is -0.153. The Morgan fingerprint density at radius 3 is 3.00 bits per heavy atom. The number of hydrogen-bond donors (Lipinski definition) is 2. The third-order valence-electron chi connectivity index (χ3n) is 2.20. The molecular weight excluding hydrogens is 222 g/mol. The van der Waals surface area contributed by atoms with Crippen molar-refractivity contribution < 1.29 is 14.6 Å². The summed E-state index contributed by atoms with van der Waals surface area (Å²) >= 11 is 0. The van der Waals surface area contributed by atoms with Gasteiger partial charge in [-0.05, 0) is 19.9 Å². The van der Waals surface area contributed by atoms with Gasteiger partial charge in [-0.15, -0.1) is 0 Å². The Bertz CT molecular complexity index is 363. The normalized spacial score (nSPS) is 10.5. The Labute approximate surface area is 101 Å². The summed E-state index contributed by atoms with van der Waals surface area (Å²) in [4.78, 5) is 11.8. The number of ether oxygens (including phenoxy) is 1. The molecule has 6 heteroatoms. The number of nitrogens with one attached hydrogen (secondary N) is 1. The van der Waals surface area contributed by atoms with Crippen LogP contribution in [0.5, 0.6) is 0 Å². The molecule has 0 radical (unpaired) electrons. The first-order chi connectivity index (χ1) is 8.19. The molecule has 0 aliphatic rings. The Kier molecular flexibility index (Phi) is 5.65. The van der Waals surface area contributed by atoms with Gasteiger partial charge in [-0.25, -0.2) is 0 Å². The highest BCUT2D eigenvalue weighted by Crippen LogP contribution is 2.03. The van der Waals surface area contributed by atoms with Crippen LogP contribution in [0.25, 0.3) is 0 Å². The summed E-state index contributed by atoms with van der Waals surface area (Å²) in [5.41, 5.74) is 1.39. The van der Waals surface area contributed by atoms with Crippen LogP contribution >= 0.6 is 0 Å². The van der Waals surface area contributed by atoms with Gasteiger partial charge in [0.2, 0.25) is 0 Å². The van der Waals surface area contributed by atoms with Crippen LogP contribution in [0.4, 0.5) is 0 Å². The fourth-order valence-corrected chi connectivity index (χ4v) is 1.46. The van der Waals surface area contributed by atoms with Crippen LogP contribution in [-0.2, 0) is 11.3 Å². The van der Waals surface area contributed by atoms with Crippen LogP contribution in [0.1, 0.15) is 23.1 Å². The van der Waals surface area contributed by atoms with Crippen LogP contribution in [0.3, 0.4) is 0 Å². The molecule has 0 unspecified atom stereocenters. The number of carbonyl (C=O) groups is 1. The number of aliphatic hydroxyl groups excluding tert-OH is 1. The van der Waals surface area contributed by atoms with E-state index in [1.54, 1.807) is 10.7 Å². The van der Waals surface area contributed by atoms with Crippen LogP contribution in [0, 0.1) is 6.92 Å². The Morgan fingerprint density at radius 2 is 2.35 bits per heavy atom. The lowest BCUT2D eigenvalue weighted by Crippen LogP contribution is -2.29. The number of aryl methyl sites for hydroxylation is 2. The third-order valence-corrected chi connectivity index (χ3v) is 2.20. The molecule has 6 nitrogen and oxygen atoms in total. The molecule has 0 saturated heterocycles. The molecule has 0 saturated carbocycles. The van der Waals surface area contributed by atoms with Crippen molar-refractivity contribution in [3.05, 3.63) is 17.5 Å². The molecule has 1 aromatic rings. The van der Waals surface area contributed by atoms with Crippen LogP contribution in [0.2, 0.25) is 0 Å². The lowest BCUT2D eigenvalue weighted by Gasteiger charge is -2.06. The SMILES string of the molecule is CCn1nc(C)cc1C(=O)NCCOCCO. The fraction of sp³-hybridized carbons (Fsp3) is 0.636. The van der Waals surface area contributed by atoms with E-state index < -0.39 is 0 Å². The highest BCUT2D eigenvalue weighted by atomic mass is 16.5. The van der Waals surface area contributed by atoms with Crippen molar-refractivity contribution in [2.45, 2.75) is 20.4 Å². The molecule has 0 aromatic carbocycles. The lowest BCUT2D eigenvalue weighted by molar-refractivity contribution is 0.0832. The highest BCUT2D eigenvalue weighted by molar-refractivity contribution is 5.92. The van der Waals surface area contributed by atoms with Gasteiger partial charge in [0.25, 0.3) is 5.91 Å². The monoisotopic (exact) mass is 241 g/mol. The number of amides is 1. The lowest BCUT2D eigenvalue weighted by atomic mass is 10.3. The van der Waals surface area contributed by atoms with Gasteiger partial charge in [-0.1, -0.05) is 0 Å². The Balaban J connectivity index is 2.41. The van der Waals surface area contributed by atoms with Crippen molar-refractivity contribution in [3.63, 3.8) is 0 Å². The molecule has 2 N–H and O–H groups in total. The minimum atomic E-state index is -0.153. The van der Waals surface area contributed by atoms with E-state index in [-0.39, 0.29) is 12.5 Å². The zero-order chi connectivity index (χ0) is 12.7. The summed E-state index contributed by atoms with van der Waals surface area (Å²) in [6, 6.07) is 1.76. The fourth-order valence-electron chi connectivity index (χ4n) is 1.46. The van der Waals surface area contributed by atoms with E-state index in [1.807, 2.05) is 13.8 Å². The second kappa shape index (κ2) is 7.03. The zero-order valence-electron chi connectivity index (χ0n) is 10.3. The first-order valence-electron chi connectivity index (χ1n) is 5.70. The molecular formula is C11H19N3O3. The first-order valence-corrected chi connectivity index (χ1v) is 5.70. The molecule has 1 aromatic heterocycles. The maximum Gasteiger partial charge on any atom is 0.269 e. The summed E-state index contributed by atoms with van der Waals surface area (Å²) < 4.78 is 6.71. The van der Waals surface area contributed by atoms with Crippen molar-refractivity contribution in [1.82, 2.24) is 15.1 Å². The van der Waals surface area contributed by atoms with Gasteiger partial charge < -0.3 is 15.2 Å². The number of hydrogen-bond acceptors (Lipinski definition) is 4. The van der Waals surface area contributed by atoms with Crippen LogP contribution in [0.15, 0.2) is 6.07 Å². The molecule has 0 bridgehead atoms. The largest absolute Gasteiger partial charge is 0.394 e. The van der Waals surface area contributed by atoms with E-state index in [0.29, 0.717) is 32.0 Å². The zero-order valence-corrected chi connectivity index (χ0v) is 10.3. The summed E-state index contributed by atoms with van der Waals surface area (Å²) in [6.07, 6.45) is 0. The molecule has 96 valence electrons. The second-order valence-electron chi connectivity index (χ2n) is 3.58. The molecule has 1 rings (SSSR count). The minimum Gasteiger partial charge on any atom is -0.394 e. The van der Waals surface area contributed by atoms with E-state index in [4.69, 9.17) is 9.84 Å². The summed E-state index contributed by atoms with van der Waals surface area (Å²) in [5, 5.41) is 15.4. The van der Waals surface area contributed by atoms with E-state index in [9.17, 15) is 4.79 Å². The number of aliphatic hydroxyl groups is 1. The standard InChI is InChI=1S/C11H19N3O3/c1-3-14-10(8-9(2)13-14)11(16)12-4-6-17-7-5-15/h8,15H,3-7H2,1-2H3,(H,12,16). The number of carbonyl (C=O) groups excluding carboxylic acids is 1. The molecule has 17 heavy (non-hydrogen) atoms. The topological polar surface area (TPSA) is 76.4 Å². The molecule has 0 aliphatic heterocycles. The average Bonchev–Trinajstić information content (AvgIpc) is 2.70. The Hall–Kier alpha value is -1.40. The van der Waals surface area contributed by atoms with E-state index >= 15 is 0 Å². The van der Waals surface area contributed by atoms with Gasteiger partial charge in [0, 0.05) is 13.1 Å². The Morgan fingerprint density at radius 1 is 1.59 bits per heavy atom. The van der Waals surface area contributed by atoms with Crippen molar-refractivity contribution >= 4 is 5.91 Å². The predicted molar refractivity (Wildman–Crippen MR) is 62.9 cm³/mol. The predicted octanol–water partition coefficient (Wildman–Crippen LogP) is -0.0499. The first kappa shape index (κ1) is 13.7. The van der Waals surface area contributed by atoms with Crippen molar-refractivity contribution in [2.75, 3.05) is 26.4 Å². The summed E-state index contributed by atoms with van der Waals surface area (Å²) in [6.45, 7) is 5.56. The molecule has 0 spiro atoms. The van der Waals surface area contributed by atoms with Gasteiger partial charge in [0.1, 0.15) is 5.69 Å². The molecule has 1 heterocycles. The maximum absolute atomic E-state index is 11.8. The van der Waals surface area contributed by atoms with Crippen LogP contribution < -0.4 is 5.32 Å². The van der Waals surface area contributed by atoms with E-state index in [1.165, 1.54) is 0 Å². The smallest absolute Gasteiger partial charge is 0.269 e. The van der Waals surface area contributed by atoms with Gasteiger partial charge in [-0.3, -0.25) is 9.48 Å². The number of aromatic nitrogens is 2. The van der Waals surface area contributed by atoms with Gasteiger partial charge in [0.05, 0.1) is 25.5 Å². The molecule has 1 amide bonds. The van der Waals surface area contributed by atoms with Gasteiger partial charge >= 0.3 is 0 Å². The molecule has 0 fully saturated rings. The van der Waals surface area contributed by atoms with Crippen molar-refractivity contribution in [3.8, 4) is 0 Å². The molecule has 0 atom stereocenters. The van der Waals surface area contributed by atoms with Gasteiger partial charge in [0.15, 0.2) is 0 Å². The highest BCUT2D eigenvalue weighted by Gasteiger charge is 2.11. The van der Waals surface area contributed by atoms with E-state index in [0.717, 1.165) is 5.69 Å². The average molecular weight is 241 g/mol. The molecule has 0 aliphatic carbocycles. The quantitative estimate of drug-likeness (QED) is 0.656. The minimum absolute atomic E-state index is 0.00422. The van der Waals surface area contributed by atoms with Crippen molar-refractivity contribution in [2.24, 2.45) is 0 Å². The van der Waals surface area contributed by atoms with E-state index in [2.05, 4.69) is 10.4 Å². The second-order valence-corrected chi connectivity index (χ2v) is 3.58. The van der Waals surface area contributed by atoms with Crippen molar-refractivity contribution in [1.29, 1.82) is 0 Å². The van der Waals surface area contributed by atoms with Gasteiger partial charge in [-0.2, -0.15) is 5.10 Å². The number of nitrogens with zero attached hydrogens (tertiary/aromatic N) is 2. The van der Waals surface area contributed by atoms with Crippen LogP contribution in [-0.4, -0.2) is 47.2 Å². The summed E-state index contributed by atoms with van der Waals surface area (Å²) in [7, 11) is 0. The number of rotatable bonds is 7. The third kappa shape index (κ3) is 4.16. The maximum atomic E-state index is 11.8.